The van der Waals surface area contributed by atoms with Gasteiger partial charge < -0.3 is 4.74 Å². The third-order valence-electron chi connectivity index (χ3n) is 3.28. The first-order valence-corrected chi connectivity index (χ1v) is 7.51. The quantitative estimate of drug-likeness (QED) is 0.668. The number of aromatic nitrogens is 1. The monoisotopic (exact) mass is 269 g/mol. The third kappa shape index (κ3) is 4.09. The molecule has 0 N–H and O–H groups in total. The maximum Gasteiger partial charge on any atom is 0.119 e. The Balaban J connectivity index is 2.01. The molecule has 2 heteroatoms. The lowest BCUT2D eigenvalue weighted by Gasteiger charge is -2.07. The predicted molar refractivity (Wildman–Crippen MR) is 84.1 cm³/mol. The summed E-state index contributed by atoms with van der Waals surface area (Å²) < 4.78 is 5.67. The number of ether oxygens (including phenoxy) is 1. The molecule has 2 rings (SSSR count). The minimum atomic E-state index is 0.791. The lowest BCUT2D eigenvalue weighted by Crippen LogP contribution is -1.96. The highest BCUT2D eigenvalue weighted by Gasteiger charge is 2.01. The van der Waals surface area contributed by atoms with E-state index in [2.05, 4.69) is 43.1 Å². The summed E-state index contributed by atoms with van der Waals surface area (Å²) in [5, 5.41) is 0. The fraction of sp³-hybridized carbons (Fsp3) is 0.389. The molecular formula is C18H23NO. The molecule has 0 bridgehead atoms. The van der Waals surface area contributed by atoms with Crippen molar-refractivity contribution < 1.29 is 4.74 Å². The van der Waals surface area contributed by atoms with Gasteiger partial charge in [0.1, 0.15) is 5.75 Å². The summed E-state index contributed by atoms with van der Waals surface area (Å²) in [7, 11) is 0. The minimum Gasteiger partial charge on any atom is -0.494 e. The van der Waals surface area contributed by atoms with Crippen LogP contribution < -0.4 is 4.74 Å². The van der Waals surface area contributed by atoms with Crippen molar-refractivity contribution >= 4 is 0 Å². The van der Waals surface area contributed by atoms with Gasteiger partial charge in [0.25, 0.3) is 0 Å². The van der Waals surface area contributed by atoms with Gasteiger partial charge in [-0.15, -0.1) is 0 Å². The number of unbranched alkanes of at least 4 members (excludes halogenated alkanes) is 1. The Morgan fingerprint density at radius 2 is 1.75 bits per heavy atom. The van der Waals surface area contributed by atoms with Crippen molar-refractivity contribution in [2.75, 3.05) is 6.61 Å². The predicted octanol–water partition coefficient (Wildman–Crippen LogP) is 4.88. The van der Waals surface area contributed by atoms with E-state index in [9.17, 15) is 0 Å². The van der Waals surface area contributed by atoms with Gasteiger partial charge in [0.2, 0.25) is 0 Å². The van der Waals surface area contributed by atoms with Crippen molar-refractivity contribution in [3.05, 3.63) is 48.2 Å². The molecule has 0 aliphatic heterocycles. The Labute approximate surface area is 121 Å². The molecule has 2 aromatic rings. The van der Waals surface area contributed by atoms with Crippen LogP contribution in [0.2, 0.25) is 0 Å². The van der Waals surface area contributed by atoms with E-state index in [4.69, 9.17) is 4.74 Å². The molecule has 1 aromatic carbocycles. The van der Waals surface area contributed by atoms with Crippen molar-refractivity contribution in [3.63, 3.8) is 0 Å². The lowest BCUT2D eigenvalue weighted by atomic mass is 10.1. The van der Waals surface area contributed by atoms with Crippen LogP contribution >= 0.6 is 0 Å². The molecule has 0 aliphatic carbocycles. The number of benzene rings is 1. The van der Waals surface area contributed by atoms with Gasteiger partial charge in [0, 0.05) is 11.8 Å². The number of pyridine rings is 1. The van der Waals surface area contributed by atoms with Gasteiger partial charge in [-0.25, -0.2) is 0 Å². The van der Waals surface area contributed by atoms with Gasteiger partial charge in [0.05, 0.1) is 12.3 Å². The van der Waals surface area contributed by atoms with E-state index in [1.54, 1.807) is 0 Å². The SMILES string of the molecule is CCCCOc1ccc(-c2ccc(CCC)cn2)cc1. The van der Waals surface area contributed by atoms with E-state index in [-0.39, 0.29) is 0 Å². The maximum absolute atomic E-state index is 5.67. The Morgan fingerprint density at radius 3 is 2.35 bits per heavy atom. The van der Waals surface area contributed by atoms with E-state index in [0.717, 1.165) is 49.3 Å². The van der Waals surface area contributed by atoms with Crippen LogP contribution in [0.4, 0.5) is 0 Å². The fourth-order valence-electron chi connectivity index (χ4n) is 2.09. The van der Waals surface area contributed by atoms with E-state index < -0.39 is 0 Å². The second-order valence-electron chi connectivity index (χ2n) is 5.03. The molecule has 0 spiro atoms. The van der Waals surface area contributed by atoms with Crippen molar-refractivity contribution in [1.29, 1.82) is 0 Å². The second-order valence-corrected chi connectivity index (χ2v) is 5.03. The summed E-state index contributed by atoms with van der Waals surface area (Å²) >= 11 is 0. The van der Waals surface area contributed by atoms with Gasteiger partial charge in [0.15, 0.2) is 0 Å². The van der Waals surface area contributed by atoms with Crippen LogP contribution in [0.3, 0.4) is 0 Å². The standard InChI is InChI=1S/C18H23NO/c1-3-5-13-20-17-10-8-16(9-11-17)18-12-7-15(6-4-2)14-19-18/h7-12,14H,3-6,13H2,1-2H3. The Kier molecular flexibility index (Phi) is 5.60. The van der Waals surface area contributed by atoms with E-state index in [1.165, 1.54) is 5.56 Å². The highest BCUT2D eigenvalue weighted by molar-refractivity contribution is 5.60. The van der Waals surface area contributed by atoms with Gasteiger partial charge in [-0.1, -0.05) is 32.8 Å². The van der Waals surface area contributed by atoms with E-state index in [1.807, 2.05) is 18.3 Å². The molecule has 0 saturated carbocycles. The number of aryl methyl sites for hydroxylation is 1. The van der Waals surface area contributed by atoms with Gasteiger partial charge in [-0.05, 0) is 48.7 Å². The summed E-state index contributed by atoms with van der Waals surface area (Å²) in [4.78, 5) is 4.53. The van der Waals surface area contributed by atoms with Crippen LogP contribution in [0.25, 0.3) is 11.3 Å². The summed E-state index contributed by atoms with van der Waals surface area (Å²) in [6.45, 7) is 5.14. The highest BCUT2D eigenvalue weighted by Crippen LogP contribution is 2.21. The molecule has 2 nitrogen and oxygen atoms in total. The van der Waals surface area contributed by atoms with Gasteiger partial charge in [-0.2, -0.15) is 0 Å². The summed E-state index contributed by atoms with van der Waals surface area (Å²) in [5.74, 6) is 0.935. The largest absolute Gasteiger partial charge is 0.494 e. The molecule has 0 amide bonds. The molecule has 0 atom stereocenters. The van der Waals surface area contributed by atoms with Gasteiger partial charge in [-0.3, -0.25) is 4.98 Å². The average molecular weight is 269 g/mol. The zero-order chi connectivity index (χ0) is 14.2. The van der Waals surface area contributed by atoms with Crippen molar-refractivity contribution in [1.82, 2.24) is 4.98 Å². The Morgan fingerprint density at radius 1 is 0.950 bits per heavy atom. The molecule has 0 unspecified atom stereocenters. The van der Waals surface area contributed by atoms with E-state index >= 15 is 0 Å². The number of nitrogens with zero attached hydrogens (tertiary/aromatic N) is 1. The Bertz CT molecular complexity index is 502. The van der Waals surface area contributed by atoms with E-state index in [0.29, 0.717) is 0 Å². The molecular weight excluding hydrogens is 246 g/mol. The zero-order valence-corrected chi connectivity index (χ0v) is 12.4. The number of rotatable bonds is 7. The number of hydrogen-bond acceptors (Lipinski definition) is 2. The molecule has 0 fully saturated rings. The van der Waals surface area contributed by atoms with Crippen LogP contribution in [0.1, 0.15) is 38.7 Å². The Hall–Kier alpha value is -1.83. The summed E-state index contributed by atoms with van der Waals surface area (Å²) in [5.41, 5.74) is 3.46. The highest BCUT2D eigenvalue weighted by atomic mass is 16.5. The lowest BCUT2D eigenvalue weighted by molar-refractivity contribution is 0.309. The summed E-state index contributed by atoms with van der Waals surface area (Å²) in [6, 6.07) is 12.4. The topological polar surface area (TPSA) is 22.1 Å². The number of hydrogen-bond donors (Lipinski definition) is 0. The van der Waals surface area contributed by atoms with Crippen LogP contribution in [0.15, 0.2) is 42.6 Å². The molecule has 20 heavy (non-hydrogen) atoms. The zero-order valence-electron chi connectivity index (χ0n) is 12.4. The fourth-order valence-corrected chi connectivity index (χ4v) is 2.09. The smallest absolute Gasteiger partial charge is 0.119 e. The molecule has 1 aromatic heterocycles. The average Bonchev–Trinajstić information content (AvgIpc) is 2.49. The molecule has 0 radical (unpaired) electrons. The van der Waals surface area contributed by atoms with Gasteiger partial charge >= 0.3 is 0 Å². The first-order chi connectivity index (χ1) is 9.83. The van der Waals surface area contributed by atoms with Crippen molar-refractivity contribution in [2.45, 2.75) is 39.5 Å². The second kappa shape index (κ2) is 7.68. The summed E-state index contributed by atoms with van der Waals surface area (Å²) in [6.07, 6.45) is 6.49. The normalized spacial score (nSPS) is 10.5. The maximum atomic E-state index is 5.67. The first kappa shape index (κ1) is 14.6. The van der Waals surface area contributed by atoms with Crippen LogP contribution in [0, 0.1) is 0 Å². The van der Waals surface area contributed by atoms with Crippen LogP contribution in [0.5, 0.6) is 5.75 Å². The molecule has 1 heterocycles. The van der Waals surface area contributed by atoms with Crippen molar-refractivity contribution in [3.8, 4) is 17.0 Å². The molecule has 0 saturated heterocycles. The van der Waals surface area contributed by atoms with Crippen molar-refractivity contribution in [2.24, 2.45) is 0 Å². The minimum absolute atomic E-state index is 0.791. The molecule has 0 aliphatic rings. The molecule has 106 valence electrons. The van der Waals surface area contributed by atoms with Crippen LogP contribution in [-0.4, -0.2) is 11.6 Å². The first-order valence-electron chi connectivity index (χ1n) is 7.51. The van der Waals surface area contributed by atoms with Crippen LogP contribution in [-0.2, 0) is 6.42 Å². The third-order valence-corrected chi connectivity index (χ3v) is 3.28.